The Bertz CT molecular complexity index is 1320. The van der Waals surface area contributed by atoms with Crippen LogP contribution in [0.4, 0.5) is 0 Å². The number of fused-ring (bicyclic) bond motifs is 1. The maximum Gasteiger partial charge on any atom is 0.148 e. The highest BCUT2D eigenvalue weighted by atomic mass is 16.5. The topological polar surface area (TPSA) is 124 Å². The molecule has 1 N–H and O–H groups in total. The van der Waals surface area contributed by atoms with Gasteiger partial charge in [0.2, 0.25) is 0 Å². The summed E-state index contributed by atoms with van der Waals surface area (Å²) < 4.78 is 10.00. The smallest absolute Gasteiger partial charge is 0.148 e. The molecule has 11 heteroatoms. The molecule has 0 saturated carbocycles. The van der Waals surface area contributed by atoms with Crippen molar-refractivity contribution in [1.82, 2.24) is 44.9 Å². The van der Waals surface area contributed by atoms with Gasteiger partial charge in [0.1, 0.15) is 40.4 Å². The number of piperidine rings is 1. The molecule has 1 unspecified atom stereocenters. The second kappa shape index (κ2) is 8.63. The van der Waals surface area contributed by atoms with E-state index in [1.165, 1.54) is 0 Å². The molecule has 0 aliphatic carbocycles. The summed E-state index contributed by atoms with van der Waals surface area (Å²) in [6.07, 6.45) is 6.80. The van der Waals surface area contributed by atoms with Gasteiger partial charge in [-0.05, 0) is 52.8 Å². The van der Waals surface area contributed by atoms with E-state index in [-0.39, 0.29) is 6.10 Å². The molecule has 4 aromatic rings. The average molecular weight is 447 g/mol. The number of aryl methyl sites for hydroxylation is 1. The van der Waals surface area contributed by atoms with E-state index in [2.05, 4.69) is 37.0 Å². The van der Waals surface area contributed by atoms with Crippen molar-refractivity contribution in [2.45, 2.75) is 52.3 Å². The van der Waals surface area contributed by atoms with Crippen molar-refractivity contribution in [2.24, 2.45) is 0 Å². The summed E-state index contributed by atoms with van der Waals surface area (Å²) in [6, 6.07) is 4.44. The molecule has 5 heterocycles. The van der Waals surface area contributed by atoms with Gasteiger partial charge < -0.3 is 10.1 Å². The van der Waals surface area contributed by atoms with Crippen molar-refractivity contribution in [2.75, 3.05) is 13.1 Å². The molecule has 170 valence electrons. The lowest BCUT2D eigenvalue weighted by molar-refractivity contribution is 0.222. The fourth-order valence-corrected chi connectivity index (χ4v) is 4.29. The zero-order valence-electron chi connectivity index (χ0n) is 18.9. The molecule has 4 aromatic heterocycles. The Labute approximate surface area is 191 Å². The van der Waals surface area contributed by atoms with Gasteiger partial charge in [-0.1, -0.05) is 5.21 Å². The lowest BCUT2D eigenvalue weighted by Crippen LogP contribution is -2.30. The predicted octanol–water partition coefficient (Wildman–Crippen LogP) is 2.45. The number of nitriles is 1. The number of nitrogens with one attached hydrogen (secondary N) is 1. The third-order valence-electron chi connectivity index (χ3n) is 6.11. The van der Waals surface area contributed by atoms with E-state index in [1.54, 1.807) is 21.7 Å². The number of ether oxygens (including phenoxy) is 1. The third kappa shape index (κ3) is 3.82. The molecule has 0 radical (unpaired) electrons. The van der Waals surface area contributed by atoms with Crippen LogP contribution in [0.15, 0.2) is 24.7 Å². The Morgan fingerprint density at radius 1 is 1.27 bits per heavy atom. The molecule has 1 atom stereocenters. The number of rotatable bonds is 6. The zero-order valence-corrected chi connectivity index (χ0v) is 18.9. The standard InChI is InChI=1S/C22H26N10O/c1-4-31-26-12-19(28-31)15(3)33-20-9-16(13-30-22(20)17(10-23)11-25-30)21-14(2)32(29-27-21)18-5-7-24-8-6-18/h9,11-13,15,18,24H,4-8H2,1-3H3. The van der Waals surface area contributed by atoms with Gasteiger partial charge in [0, 0.05) is 11.8 Å². The van der Waals surface area contributed by atoms with E-state index in [0.717, 1.165) is 42.9 Å². The first-order valence-corrected chi connectivity index (χ1v) is 11.2. The molecule has 1 saturated heterocycles. The van der Waals surface area contributed by atoms with E-state index >= 15 is 0 Å². The second-order valence-electron chi connectivity index (χ2n) is 8.22. The maximum absolute atomic E-state index is 9.60. The fourth-order valence-electron chi connectivity index (χ4n) is 4.29. The monoisotopic (exact) mass is 446 g/mol. The van der Waals surface area contributed by atoms with Crippen molar-refractivity contribution in [3.05, 3.63) is 41.6 Å². The molecule has 1 fully saturated rings. The molecule has 0 spiro atoms. The van der Waals surface area contributed by atoms with Gasteiger partial charge in [-0.15, -0.1) is 5.10 Å². The van der Waals surface area contributed by atoms with Crippen LogP contribution in [-0.4, -0.2) is 52.7 Å². The van der Waals surface area contributed by atoms with Crippen LogP contribution in [0.1, 0.15) is 55.8 Å². The molecule has 33 heavy (non-hydrogen) atoms. The van der Waals surface area contributed by atoms with E-state index in [9.17, 15) is 5.26 Å². The first-order chi connectivity index (χ1) is 16.1. The van der Waals surface area contributed by atoms with Crippen LogP contribution in [0, 0.1) is 18.3 Å². The van der Waals surface area contributed by atoms with Crippen LogP contribution >= 0.6 is 0 Å². The van der Waals surface area contributed by atoms with Gasteiger partial charge in [-0.3, -0.25) is 0 Å². The first-order valence-electron chi connectivity index (χ1n) is 11.2. The number of nitrogens with zero attached hydrogens (tertiary/aromatic N) is 9. The quantitative estimate of drug-likeness (QED) is 0.479. The summed E-state index contributed by atoms with van der Waals surface area (Å²) in [7, 11) is 0. The summed E-state index contributed by atoms with van der Waals surface area (Å²) in [5.74, 6) is 0.538. The van der Waals surface area contributed by atoms with Gasteiger partial charge in [0.05, 0.1) is 30.7 Å². The molecule has 0 bridgehead atoms. The van der Waals surface area contributed by atoms with Crippen LogP contribution in [0.25, 0.3) is 16.8 Å². The fraction of sp³-hybridized carbons (Fsp3) is 0.455. The third-order valence-corrected chi connectivity index (χ3v) is 6.11. The number of hydrogen-bond acceptors (Lipinski definition) is 8. The largest absolute Gasteiger partial charge is 0.482 e. The normalized spacial score (nSPS) is 15.6. The van der Waals surface area contributed by atoms with Crippen LogP contribution < -0.4 is 10.1 Å². The molecular formula is C22H26N10O. The van der Waals surface area contributed by atoms with Gasteiger partial charge in [-0.25, -0.2) is 9.20 Å². The van der Waals surface area contributed by atoms with Crippen molar-refractivity contribution in [3.8, 4) is 23.1 Å². The summed E-state index contributed by atoms with van der Waals surface area (Å²) >= 11 is 0. The molecule has 0 aromatic carbocycles. The summed E-state index contributed by atoms with van der Waals surface area (Å²) in [5.41, 5.74) is 4.37. The average Bonchev–Trinajstić information content (AvgIpc) is 3.57. The SMILES string of the molecule is CCn1ncc(C(C)Oc2cc(-c3nnn(C4CCNCC4)c3C)cn3ncc(C#N)c23)n1. The van der Waals surface area contributed by atoms with Crippen LogP contribution in [0.5, 0.6) is 5.75 Å². The number of hydrogen-bond donors (Lipinski definition) is 1. The first kappa shape index (κ1) is 21.1. The minimum Gasteiger partial charge on any atom is -0.482 e. The van der Waals surface area contributed by atoms with Crippen LogP contribution in [-0.2, 0) is 6.54 Å². The van der Waals surface area contributed by atoms with Gasteiger partial charge in [-0.2, -0.15) is 25.4 Å². The number of aromatic nitrogens is 8. The highest BCUT2D eigenvalue weighted by Gasteiger charge is 2.23. The van der Waals surface area contributed by atoms with E-state index in [1.807, 2.05) is 37.7 Å². The van der Waals surface area contributed by atoms with E-state index in [0.29, 0.717) is 35.1 Å². The molecule has 11 nitrogen and oxygen atoms in total. The van der Waals surface area contributed by atoms with Crippen LogP contribution in [0.2, 0.25) is 0 Å². The predicted molar refractivity (Wildman–Crippen MR) is 120 cm³/mol. The summed E-state index contributed by atoms with van der Waals surface area (Å²) in [6.45, 7) is 8.57. The Hall–Kier alpha value is -3.78. The molecule has 1 aliphatic rings. The summed E-state index contributed by atoms with van der Waals surface area (Å²) in [5, 5.41) is 35.0. The second-order valence-corrected chi connectivity index (χ2v) is 8.22. The molecule has 0 amide bonds. The van der Waals surface area contributed by atoms with Crippen molar-refractivity contribution < 1.29 is 4.74 Å². The Kier molecular flexibility index (Phi) is 5.51. The summed E-state index contributed by atoms with van der Waals surface area (Å²) in [4.78, 5) is 1.61. The van der Waals surface area contributed by atoms with Gasteiger partial charge in [0.25, 0.3) is 0 Å². The zero-order chi connectivity index (χ0) is 22.9. The Morgan fingerprint density at radius 3 is 2.82 bits per heavy atom. The minimum absolute atomic E-state index is 0.336. The van der Waals surface area contributed by atoms with E-state index in [4.69, 9.17) is 4.74 Å². The lowest BCUT2D eigenvalue weighted by atomic mass is 10.1. The molecular weight excluding hydrogens is 420 g/mol. The minimum atomic E-state index is -0.364. The Morgan fingerprint density at radius 2 is 2.09 bits per heavy atom. The van der Waals surface area contributed by atoms with E-state index < -0.39 is 0 Å². The molecule has 5 rings (SSSR count). The van der Waals surface area contributed by atoms with Crippen molar-refractivity contribution >= 4 is 5.52 Å². The van der Waals surface area contributed by atoms with Gasteiger partial charge >= 0.3 is 0 Å². The van der Waals surface area contributed by atoms with Gasteiger partial charge in [0.15, 0.2) is 0 Å². The van der Waals surface area contributed by atoms with Crippen molar-refractivity contribution in [1.29, 1.82) is 5.26 Å². The van der Waals surface area contributed by atoms with Crippen LogP contribution in [0.3, 0.4) is 0 Å². The highest BCUT2D eigenvalue weighted by molar-refractivity contribution is 5.74. The highest BCUT2D eigenvalue weighted by Crippen LogP contribution is 2.33. The number of pyridine rings is 1. The molecule has 1 aliphatic heterocycles. The van der Waals surface area contributed by atoms with Crippen molar-refractivity contribution in [3.63, 3.8) is 0 Å². The Balaban J connectivity index is 1.55. The maximum atomic E-state index is 9.60. The lowest BCUT2D eigenvalue weighted by Gasteiger charge is -2.23.